The highest BCUT2D eigenvalue weighted by Crippen LogP contribution is 2.25. The summed E-state index contributed by atoms with van der Waals surface area (Å²) in [5, 5.41) is 13.2. The lowest BCUT2D eigenvalue weighted by molar-refractivity contribution is 0.288. The van der Waals surface area contributed by atoms with Gasteiger partial charge in [-0.2, -0.15) is 0 Å². The van der Waals surface area contributed by atoms with Gasteiger partial charge in [-0.15, -0.1) is 0 Å². The van der Waals surface area contributed by atoms with E-state index in [-0.39, 0.29) is 17.6 Å². The van der Waals surface area contributed by atoms with Crippen LogP contribution in [0.15, 0.2) is 18.2 Å². The van der Waals surface area contributed by atoms with Crippen LogP contribution in [0.25, 0.3) is 0 Å². The first-order chi connectivity index (χ1) is 9.97. The first kappa shape index (κ1) is 17.9. The van der Waals surface area contributed by atoms with Gasteiger partial charge in [0.15, 0.2) is 0 Å². The number of phenols is 1. The summed E-state index contributed by atoms with van der Waals surface area (Å²) in [6.45, 7) is 11.7. The standard InChI is InChI=1S/C17H29FN2O/c1-5-20(6-2)11-7-8-13(3)19-14(4)16-12-15(18)9-10-17(16)21/h9-10,12-14,19,21H,5-8,11H2,1-4H3. The van der Waals surface area contributed by atoms with Gasteiger partial charge in [-0.1, -0.05) is 13.8 Å². The lowest BCUT2D eigenvalue weighted by Crippen LogP contribution is -2.31. The van der Waals surface area contributed by atoms with Crippen LogP contribution in [-0.4, -0.2) is 35.7 Å². The molecule has 3 nitrogen and oxygen atoms in total. The van der Waals surface area contributed by atoms with E-state index in [9.17, 15) is 9.50 Å². The molecule has 21 heavy (non-hydrogen) atoms. The van der Waals surface area contributed by atoms with Crippen molar-refractivity contribution in [2.24, 2.45) is 0 Å². The van der Waals surface area contributed by atoms with E-state index in [4.69, 9.17) is 0 Å². The molecular weight excluding hydrogens is 267 g/mol. The molecule has 1 aromatic carbocycles. The Morgan fingerprint density at radius 2 is 1.90 bits per heavy atom. The average molecular weight is 296 g/mol. The zero-order valence-electron chi connectivity index (χ0n) is 13.7. The van der Waals surface area contributed by atoms with Crippen LogP contribution in [0, 0.1) is 5.82 Å². The molecule has 120 valence electrons. The maximum Gasteiger partial charge on any atom is 0.123 e. The van der Waals surface area contributed by atoms with Crippen molar-refractivity contribution >= 4 is 0 Å². The molecule has 0 aliphatic rings. The average Bonchev–Trinajstić information content (AvgIpc) is 2.46. The Kier molecular flexibility index (Phi) is 7.68. The second-order valence-corrected chi connectivity index (χ2v) is 5.66. The Morgan fingerprint density at radius 3 is 2.52 bits per heavy atom. The Bertz CT molecular complexity index is 421. The minimum Gasteiger partial charge on any atom is -0.508 e. The molecule has 0 saturated carbocycles. The summed E-state index contributed by atoms with van der Waals surface area (Å²) < 4.78 is 13.3. The molecule has 2 unspecified atom stereocenters. The van der Waals surface area contributed by atoms with Crippen LogP contribution < -0.4 is 5.32 Å². The zero-order valence-corrected chi connectivity index (χ0v) is 13.7. The quantitative estimate of drug-likeness (QED) is 0.729. The maximum atomic E-state index is 13.3. The Hall–Kier alpha value is -1.13. The molecule has 2 N–H and O–H groups in total. The van der Waals surface area contributed by atoms with Gasteiger partial charge in [0.2, 0.25) is 0 Å². The van der Waals surface area contributed by atoms with Gasteiger partial charge in [-0.05, 0) is 64.5 Å². The summed E-state index contributed by atoms with van der Waals surface area (Å²) in [4.78, 5) is 2.41. The van der Waals surface area contributed by atoms with Crippen molar-refractivity contribution in [3.05, 3.63) is 29.6 Å². The van der Waals surface area contributed by atoms with Gasteiger partial charge in [0.1, 0.15) is 11.6 Å². The molecule has 0 heterocycles. The number of hydrogen-bond acceptors (Lipinski definition) is 3. The first-order valence-electron chi connectivity index (χ1n) is 7.94. The molecule has 0 aliphatic carbocycles. The van der Waals surface area contributed by atoms with Crippen molar-refractivity contribution in [2.75, 3.05) is 19.6 Å². The van der Waals surface area contributed by atoms with Crippen molar-refractivity contribution in [3.63, 3.8) is 0 Å². The van der Waals surface area contributed by atoms with Crippen LogP contribution in [0.5, 0.6) is 5.75 Å². The smallest absolute Gasteiger partial charge is 0.123 e. The number of benzene rings is 1. The van der Waals surface area contributed by atoms with Gasteiger partial charge in [0, 0.05) is 17.6 Å². The van der Waals surface area contributed by atoms with Crippen molar-refractivity contribution in [2.45, 2.75) is 52.6 Å². The third-order valence-corrected chi connectivity index (χ3v) is 4.00. The maximum absolute atomic E-state index is 13.3. The number of aromatic hydroxyl groups is 1. The SMILES string of the molecule is CCN(CC)CCCC(C)NC(C)c1cc(F)ccc1O. The van der Waals surface area contributed by atoms with Crippen LogP contribution in [0.1, 0.15) is 52.1 Å². The van der Waals surface area contributed by atoms with Gasteiger partial charge in [0.25, 0.3) is 0 Å². The molecule has 0 aliphatic heterocycles. The zero-order chi connectivity index (χ0) is 15.8. The fourth-order valence-electron chi connectivity index (χ4n) is 2.63. The third kappa shape index (κ3) is 6.02. The van der Waals surface area contributed by atoms with Gasteiger partial charge in [0.05, 0.1) is 0 Å². The number of halogens is 1. The molecule has 0 amide bonds. The van der Waals surface area contributed by atoms with Crippen LogP contribution >= 0.6 is 0 Å². The minimum atomic E-state index is -0.314. The molecule has 2 atom stereocenters. The van der Waals surface area contributed by atoms with Gasteiger partial charge in [-0.25, -0.2) is 4.39 Å². The topological polar surface area (TPSA) is 35.5 Å². The van der Waals surface area contributed by atoms with Crippen molar-refractivity contribution in [1.82, 2.24) is 10.2 Å². The molecule has 1 rings (SSSR count). The van der Waals surface area contributed by atoms with E-state index in [1.165, 1.54) is 18.2 Å². The lowest BCUT2D eigenvalue weighted by Gasteiger charge is -2.23. The van der Waals surface area contributed by atoms with Crippen LogP contribution in [0.4, 0.5) is 4.39 Å². The normalized spacial score (nSPS) is 14.4. The number of nitrogens with zero attached hydrogens (tertiary/aromatic N) is 1. The number of phenolic OH excluding ortho intramolecular Hbond substituents is 1. The van der Waals surface area contributed by atoms with Gasteiger partial charge < -0.3 is 15.3 Å². The molecular formula is C17H29FN2O. The molecule has 0 fully saturated rings. The minimum absolute atomic E-state index is 0.0656. The van der Waals surface area contributed by atoms with Crippen LogP contribution in [0.3, 0.4) is 0 Å². The Balaban J connectivity index is 2.43. The second-order valence-electron chi connectivity index (χ2n) is 5.66. The molecule has 1 aromatic rings. The summed E-state index contributed by atoms with van der Waals surface area (Å²) in [7, 11) is 0. The summed E-state index contributed by atoms with van der Waals surface area (Å²) in [6, 6.07) is 4.35. The molecule has 0 aromatic heterocycles. The largest absolute Gasteiger partial charge is 0.508 e. The Labute approximate surface area is 128 Å². The highest BCUT2D eigenvalue weighted by molar-refractivity contribution is 5.34. The van der Waals surface area contributed by atoms with E-state index < -0.39 is 0 Å². The highest BCUT2D eigenvalue weighted by atomic mass is 19.1. The van der Waals surface area contributed by atoms with Crippen LogP contribution in [0.2, 0.25) is 0 Å². The fraction of sp³-hybridized carbons (Fsp3) is 0.647. The van der Waals surface area contributed by atoms with E-state index in [0.717, 1.165) is 32.5 Å². The summed E-state index contributed by atoms with van der Waals surface area (Å²) >= 11 is 0. The summed E-state index contributed by atoms with van der Waals surface area (Å²) in [5.41, 5.74) is 0.616. The van der Waals surface area contributed by atoms with Gasteiger partial charge in [-0.3, -0.25) is 0 Å². The van der Waals surface area contributed by atoms with Crippen molar-refractivity contribution < 1.29 is 9.50 Å². The predicted octanol–water partition coefficient (Wildman–Crippen LogP) is 3.69. The van der Waals surface area contributed by atoms with E-state index in [0.29, 0.717) is 11.6 Å². The van der Waals surface area contributed by atoms with Crippen molar-refractivity contribution in [3.8, 4) is 5.75 Å². The molecule has 0 saturated heterocycles. The monoisotopic (exact) mass is 296 g/mol. The van der Waals surface area contributed by atoms with Crippen LogP contribution in [-0.2, 0) is 0 Å². The number of rotatable bonds is 9. The highest BCUT2D eigenvalue weighted by Gasteiger charge is 2.14. The first-order valence-corrected chi connectivity index (χ1v) is 7.94. The third-order valence-electron chi connectivity index (χ3n) is 4.00. The summed E-state index contributed by atoms with van der Waals surface area (Å²) in [6.07, 6.45) is 2.20. The molecule has 4 heteroatoms. The van der Waals surface area contributed by atoms with E-state index in [1.807, 2.05) is 6.92 Å². The summed E-state index contributed by atoms with van der Waals surface area (Å²) in [5.74, 6) is -0.169. The lowest BCUT2D eigenvalue weighted by atomic mass is 10.0. The van der Waals surface area contributed by atoms with E-state index in [1.54, 1.807) is 0 Å². The number of hydrogen-bond donors (Lipinski definition) is 2. The predicted molar refractivity (Wildman–Crippen MR) is 86.1 cm³/mol. The van der Waals surface area contributed by atoms with Crippen molar-refractivity contribution in [1.29, 1.82) is 0 Å². The van der Waals surface area contributed by atoms with E-state index >= 15 is 0 Å². The Morgan fingerprint density at radius 1 is 1.24 bits per heavy atom. The van der Waals surface area contributed by atoms with Gasteiger partial charge >= 0.3 is 0 Å². The van der Waals surface area contributed by atoms with E-state index in [2.05, 4.69) is 31.0 Å². The number of nitrogens with one attached hydrogen (secondary N) is 1. The second kappa shape index (κ2) is 9.00. The fourth-order valence-corrected chi connectivity index (χ4v) is 2.63. The molecule has 0 bridgehead atoms. The molecule has 0 radical (unpaired) electrons. The molecule has 0 spiro atoms.